The molecule has 0 radical (unpaired) electrons. The van der Waals surface area contributed by atoms with Gasteiger partial charge in [-0.05, 0) is 25.6 Å². The Balaban J connectivity index is 1.77. The van der Waals surface area contributed by atoms with E-state index in [2.05, 4.69) is 37.8 Å². The van der Waals surface area contributed by atoms with Gasteiger partial charge in [0.15, 0.2) is 11.8 Å². The lowest BCUT2D eigenvalue weighted by Gasteiger charge is -2.18. The number of likely N-dealkylation sites (N-methyl/N-ethyl adjacent to an activating group) is 1. The quantitative estimate of drug-likeness (QED) is 0.373. The number of hydrogen-bond acceptors (Lipinski definition) is 5. The Labute approximate surface area is 155 Å². The van der Waals surface area contributed by atoms with Crippen molar-refractivity contribution in [3.8, 4) is 5.69 Å². The van der Waals surface area contributed by atoms with Gasteiger partial charge in [-0.25, -0.2) is 0 Å². The molecule has 2 N–H and O–H groups in total. The first kappa shape index (κ1) is 19.9. The molecule has 2 aromatic rings. The highest BCUT2D eigenvalue weighted by molar-refractivity contribution is 5.79. The second kappa shape index (κ2) is 11.2. The molecule has 0 spiro atoms. The van der Waals surface area contributed by atoms with E-state index < -0.39 is 0 Å². The summed E-state index contributed by atoms with van der Waals surface area (Å²) in [7, 11) is 5.60. The van der Waals surface area contributed by atoms with Gasteiger partial charge >= 0.3 is 0 Å². The third-order valence-electron chi connectivity index (χ3n) is 3.96. The predicted molar refractivity (Wildman–Crippen MR) is 104 cm³/mol. The van der Waals surface area contributed by atoms with Crippen molar-refractivity contribution in [1.82, 2.24) is 30.3 Å². The fourth-order valence-corrected chi connectivity index (χ4v) is 2.52. The first-order valence-electron chi connectivity index (χ1n) is 8.81. The molecule has 0 saturated carbocycles. The van der Waals surface area contributed by atoms with Crippen molar-refractivity contribution in [2.45, 2.75) is 13.0 Å². The van der Waals surface area contributed by atoms with Crippen LogP contribution in [0.2, 0.25) is 0 Å². The summed E-state index contributed by atoms with van der Waals surface area (Å²) in [6.07, 6.45) is 2.76. The number of benzene rings is 1. The Morgan fingerprint density at radius 1 is 1.23 bits per heavy atom. The average Bonchev–Trinajstić information content (AvgIpc) is 3.14. The molecule has 0 unspecified atom stereocenters. The summed E-state index contributed by atoms with van der Waals surface area (Å²) >= 11 is 0. The Morgan fingerprint density at radius 3 is 2.77 bits per heavy atom. The monoisotopic (exact) mass is 359 g/mol. The topological polar surface area (TPSA) is 79.6 Å². The molecule has 1 heterocycles. The van der Waals surface area contributed by atoms with Gasteiger partial charge in [0, 0.05) is 46.1 Å². The maximum Gasteiger partial charge on any atom is 0.191 e. The van der Waals surface area contributed by atoms with Crippen LogP contribution in [-0.2, 0) is 11.3 Å². The third-order valence-corrected chi connectivity index (χ3v) is 3.96. The molecule has 8 nitrogen and oxygen atoms in total. The lowest BCUT2D eigenvalue weighted by molar-refractivity contribution is 0.180. The second-order valence-corrected chi connectivity index (χ2v) is 5.95. The second-order valence-electron chi connectivity index (χ2n) is 5.95. The van der Waals surface area contributed by atoms with Gasteiger partial charge in [0.1, 0.15) is 6.33 Å². The molecule has 1 aromatic heterocycles. The van der Waals surface area contributed by atoms with Gasteiger partial charge in [-0.1, -0.05) is 18.2 Å². The number of hydrogen-bond donors (Lipinski definition) is 2. The first-order chi connectivity index (χ1) is 12.7. The van der Waals surface area contributed by atoms with Crippen LogP contribution in [0, 0.1) is 0 Å². The number of para-hydroxylation sites is 1. The van der Waals surface area contributed by atoms with Gasteiger partial charge in [-0.2, -0.15) is 0 Å². The van der Waals surface area contributed by atoms with Gasteiger partial charge < -0.3 is 20.3 Å². The highest BCUT2D eigenvalue weighted by Crippen LogP contribution is 2.08. The summed E-state index contributed by atoms with van der Waals surface area (Å²) < 4.78 is 7.04. The van der Waals surface area contributed by atoms with Crippen molar-refractivity contribution in [1.29, 1.82) is 0 Å². The molecule has 1 aromatic carbocycles. The largest absolute Gasteiger partial charge is 0.385 e. The van der Waals surface area contributed by atoms with Crippen LogP contribution in [-0.4, -0.2) is 73.1 Å². The van der Waals surface area contributed by atoms with E-state index in [9.17, 15) is 0 Å². The van der Waals surface area contributed by atoms with Crippen LogP contribution in [0.5, 0.6) is 0 Å². The molecule has 0 bridgehead atoms. The van der Waals surface area contributed by atoms with Crippen molar-refractivity contribution < 1.29 is 4.74 Å². The molecule has 26 heavy (non-hydrogen) atoms. The van der Waals surface area contributed by atoms with E-state index in [1.165, 1.54) is 0 Å². The Kier molecular flexibility index (Phi) is 8.57. The van der Waals surface area contributed by atoms with Crippen LogP contribution in [0.4, 0.5) is 0 Å². The molecular weight excluding hydrogens is 330 g/mol. The predicted octanol–water partition coefficient (Wildman–Crippen LogP) is 0.901. The summed E-state index contributed by atoms with van der Waals surface area (Å²) in [6, 6.07) is 10.0. The van der Waals surface area contributed by atoms with Crippen molar-refractivity contribution in [2.24, 2.45) is 4.99 Å². The van der Waals surface area contributed by atoms with Crippen molar-refractivity contribution >= 4 is 5.96 Å². The van der Waals surface area contributed by atoms with Crippen LogP contribution in [0.15, 0.2) is 41.7 Å². The van der Waals surface area contributed by atoms with Gasteiger partial charge in [-0.3, -0.25) is 9.56 Å². The van der Waals surface area contributed by atoms with Crippen molar-refractivity contribution in [3.63, 3.8) is 0 Å². The zero-order valence-electron chi connectivity index (χ0n) is 15.9. The smallest absolute Gasteiger partial charge is 0.191 e. The summed E-state index contributed by atoms with van der Waals surface area (Å²) in [4.78, 5) is 6.53. The summed E-state index contributed by atoms with van der Waals surface area (Å²) in [5, 5.41) is 14.8. The standard InChI is InChI=1S/C18H29N7O/c1-19-18(20-10-12-24(2)11-7-13-26-3)21-14-17-23-22-15-25(17)16-8-5-4-6-9-16/h4-6,8-9,15H,7,10-14H2,1-3H3,(H2,19,20,21). The molecule has 0 fully saturated rings. The zero-order chi connectivity index (χ0) is 18.6. The lowest BCUT2D eigenvalue weighted by atomic mass is 10.3. The van der Waals surface area contributed by atoms with Gasteiger partial charge in [0.05, 0.1) is 6.54 Å². The minimum absolute atomic E-state index is 0.540. The average molecular weight is 359 g/mol. The number of rotatable bonds is 10. The van der Waals surface area contributed by atoms with Crippen molar-refractivity contribution in [2.75, 3.05) is 47.4 Å². The summed E-state index contributed by atoms with van der Waals surface area (Å²) in [6.45, 7) is 4.10. The Hall–Kier alpha value is -2.45. The van der Waals surface area contributed by atoms with Gasteiger partial charge in [-0.15, -0.1) is 10.2 Å². The molecule has 0 atom stereocenters. The van der Waals surface area contributed by atoms with Gasteiger partial charge in [0.25, 0.3) is 0 Å². The van der Waals surface area contributed by atoms with Gasteiger partial charge in [0.2, 0.25) is 0 Å². The molecule has 0 aliphatic carbocycles. The number of guanidine groups is 1. The fourth-order valence-electron chi connectivity index (χ4n) is 2.52. The molecule has 0 amide bonds. The molecule has 142 valence electrons. The maximum absolute atomic E-state index is 5.08. The molecule has 0 aliphatic heterocycles. The van der Waals surface area contributed by atoms with E-state index in [4.69, 9.17) is 4.74 Å². The van der Waals surface area contributed by atoms with E-state index in [1.807, 2.05) is 34.9 Å². The highest BCUT2D eigenvalue weighted by atomic mass is 16.5. The normalized spacial score (nSPS) is 11.8. The maximum atomic E-state index is 5.08. The lowest BCUT2D eigenvalue weighted by Crippen LogP contribution is -2.41. The third kappa shape index (κ3) is 6.45. The van der Waals surface area contributed by atoms with Crippen LogP contribution >= 0.6 is 0 Å². The van der Waals surface area contributed by atoms with Crippen LogP contribution in [0.3, 0.4) is 0 Å². The van der Waals surface area contributed by atoms with E-state index >= 15 is 0 Å². The van der Waals surface area contributed by atoms with Crippen LogP contribution < -0.4 is 10.6 Å². The van der Waals surface area contributed by atoms with Crippen molar-refractivity contribution in [3.05, 3.63) is 42.5 Å². The highest BCUT2D eigenvalue weighted by Gasteiger charge is 2.07. The van der Waals surface area contributed by atoms with E-state index in [-0.39, 0.29) is 0 Å². The number of nitrogens with one attached hydrogen (secondary N) is 2. The molecule has 2 rings (SSSR count). The minimum atomic E-state index is 0.540. The van der Waals surface area contributed by atoms with E-state index in [0.29, 0.717) is 6.54 Å². The van der Waals surface area contributed by atoms with E-state index in [0.717, 1.165) is 50.1 Å². The molecule has 8 heteroatoms. The Morgan fingerprint density at radius 2 is 2.04 bits per heavy atom. The fraction of sp³-hybridized carbons (Fsp3) is 0.500. The number of nitrogens with zero attached hydrogens (tertiary/aromatic N) is 5. The minimum Gasteiger partial charge on any atom is -0.385 e. The first-order valence-corrected chi connectivity index (χ1v) is 8.81. The van der Waals surface area contributed by atoms with Crippen LogP contribution in [0.1, 0.15) is 12.2 Å². The molecule has 0 aliphatic rings. The number of ether oxygens (including phenoxy) is 1. The number of aromatic nitrogens is 3. The summed E-state index contributed by atoms with van der Waals surface area (Å²) in [5.41, 5.74) is 1.04. The molecule has 0 saturated heterocycles. The zero-order valence-corrected chi connectivity index (χ0v) is 15.9. The SMILES string of the molecule is CN=C(NCCN(C)CCCOC)NCc1nncn1-c1ccccc1. The number of aliphatic imine (C=N–C) groups is 1. The summed E-state index contributed by atoms with van der Waals surface area (Å²) in [5.74, 6) is 1.58. The molecular formula is C18H29N7O. The number of methoxy groups -OCH3 is 1. The van der Waals surface area contributed by atoms with E-state index in [1.54, 1.807) is 20.5 Å². The Bertz CT molecular complexity index is 657. The van der Waals surface area contributed by atoms with Crippen LogP contribution in [0.25, 0.3) is 5.69 Å².